The Labute approximate surface area is 105 Å². The highest BCUT2D eigenvalue weighted by Crippen LogP contribution is 2.25. The van der Waals surface area contributed by atoms with Crippen LogP contribution in [0.1, 0.15) is 17.7 Å². The number of rotatable bonds is 3. The van der Waals surface area contributed by atoms with Crippen molar-refractivity contribution in [2.75, 3.05) is 5.73 Å². The zero-order valence-electron chi connectivity index (χ0n) is 8.78. The van der Waals surface area contributed by atoms with E-state index in [1.54, 1.807) is 0 Å². The molecule has 1 aromatic carbocycles. The molecule has 0 spiro atoms. The third-order valence-corrected chi connectivity index (χ3v) is 2.89. The van der Waals surface area contributed by atoms with E-state index in [2.05, 4.69) is 21.0 Å². The lowest BCUT2D eigenvalue weighted by Gasteiger charge is -2.07. The normalized spacial score (nSPS) is 11.1. The third kappa shape index (κ3) is 2.63. The van der Waals surface area contributed by atoms with E-state index < -0.39 is 6.43 Å². The number of nitrogens with two attached hydrogens (primary N) is 1. The van der Waals surface area contributed by atoms with Crippen molar-refractivity contribution in [3.63, 3.8) is 0 Å². The second-order valence-electron chi connectivity index (χ2n) is 3.57. The number of nitrogens with zero attached hydrogens (tertiary/aromatic N) is 2. The SMILES string of the molecule is Nc1cnn(Cc2ccc(Br)cc2)c1C(F)F. The Morgan fingerprint density at radius 3 is 2.53 bits per heavy atom. The molecular formula is C11H10BrF2N3. The Morgan fingerprint density at radius 1 is 1.29 bits per heavy atom. The van der Waals surface area contributed by atoms with Gasteiger partial charge in [0.25, 0.3) is 6.43 Å². The molecule has 0 bridgehead atoms. The van der Waals surface area contributed by atoms with Crippen LogP contribution in [0, 0.1) is 0 Å². The van der Waals surface area contributed by atoms with Crippen LogP contribution in [-0.4, -0.2) is 9.78 Å². The smallest absolute Gasteiger partial charge is 0.282 e. The van der Waals surface area contributed by atoms with Gasteiger partial charge in [-0.1, -0.05) is 28.1 Å². The van der Waals surface area contributed by atoms with Crippen LogP contribution in [-0.2, 0) is 6.54 Å². The summed E-state index contributed by atoms with van der Waals surface area (Å²) in [6.07, 6.45) is -1.37. The van der Waals surface area contributed by atoms with E-state index in [9.17, 15) is 8.78 Å². The van der Waals surface area contributed by atoms with E-state index in [1.807, 2.05) is 24.3 Å². The van der Waals surface area contributed by atoms with Crippen LogP contribution in [0.5, 0.6) is 0 Å². The molecule has 0 fully saturated rings. The Hall–Kier alpha value is -1.43. The molecule has 90 valence electrons. The van der Waals surface area contributed by atoms with E-state index >= 15 is 0 Å². The molecular weight excluding hydrogens is 292 g/mol. The number of alkyl halides is 2. The second kappa shape index (κ2) is 4.83. The highest BCUT2D eigenvalue weighted by atomic mass is 79.9. The average molecular weight is 302 g/mol. The van der Waals surface area contributed by atoms with Crippen LogP contribution in [0.4, 0.5) is 14.5 Å². The molecule has 1 aromatic heterocycles. The minimum atomic E-state index is -2.62. The predicted octanol–water partition coefficient (Wildman–Crippen LogP) is 3.21. The van der Waals surface area contributed by atoms with E-state index in [0.29, 0.717) is 0 Å². The van der Waals surface area contributed by atoms with Gasteiger partial charge < -0.3 is 5.73 Å². The number of benzene rings is 1. The number of aromatic nitrogens is 2. The van der Waals surface area contributed by atoms with Gasteiger partial charge in [-0.25, -0.2) is 8.78 Å². The first-order chi connectivity index (χ1) is 8.08. The second-order valence-corrected chi connectivity index (χ2v) is 4.49. The molecule has 2 aromatic rings. The summed E-state index contributed by atoms with van der Waals surface area (Å²) in [5, 5.41) is 3.85. The van der Waals surface area contributed by atoms with Crippen LogP contribution >= 0.6 is 15.9 Å². The molecule has 0 atom stereocenters. The molecule has 0 saturated carbocycles. The van der Waals surface area contributed by atoms with Crippen LogP contribution in [0.15, 0.2) is 34.9 Å². The zero-order chi connectivity index (χ0) is 12.4. The first-order valence-electron chi connectivity index (χ1n) is 4.91. The summed E-state index contributed by atoms with van der Waals surface area (Å²) in [4.78, 5) is 0. The first-order valence-corrected chi connectivity index (χ1v) is 5.71. The summed E-state index contributed by atoms with van der Waals surface area (Å²) >= 11 is 3.31. The molecule has 0 saturated heterocycles. The van der Waals surface area contributed by atoms with Gasteiger partial charge in [0.1, 0.15) is 5.69 Å². The molecule has 0 amide bonds. The molecule has 0 radical (unpaired) electrons. The fourth-order valence-corrected chi connectivity index (χ4v) is 1.80. The van der Waals surface area contributed by atoms with Crippen LogP contribution < -0.4 is 5.73 Å². The van der Waals surface area contributed by atoms with Crippen LogP contribution in [0.25, 0.3) is 0 Å². The number of anilines is 1. The van der Waals surface area contributed by atoms with Gasteiger partial charge in [-0.05, 0) is 17.7 Å². The van der Waals surface area contributed by atoms with Crippen molar-refractivity contribution in [2.24, 2.45) is 0 Å². The Morgan fingerprint density at radius 2 is 1.94 bits per heavy atom. The van der Waals surface area contributed by atoms with Crippen molar-refractivity contribution < 1.29 is 8.78 Å². The molecule has 6 heteroatoms. The molecule has 2 N–H and O–H groups in total. The Kier molecular flexibility index (Phi) is 3.42. The number of nitrogen functional groups attached to an aromatic ring is 1. The summed E-state index contributed by atoms with van der Waals surface area (Å²) in [5.74, 6) is 0. The lowest BCUT2D eigenvalue weighted by molar-refractivity contribution is 0.140. The predicted molar refractivity (Wildman–Crippen MR) is 64.8 cm³/mol. The minimum absolute atomic E-state index is 0.0251. The maximum Gasteiger partial charge on any atom is 0.282 e. The summed E-state index contributed by atoms with van der Waals surface area (Å²) < 4.78 is 27.6. The quantitative estimate of drug-likeness (QED) is 0.946. The fraction of sp³-hybridized carbons (Fsp3) is 0.182. The molecule has 3 nitrogen and oxygen atoms in total. The molecule has 17 heavy (non-hydrogen) atoms. The summed E-state index contributed by atoms with van der Waals surface area (Å²) in [6.45, 7) is 0.282. The monoisotopic (exact) mass is 301 g/mol. The first kappa shape index (κ1) is 12.0. The van der Waals surface area contributed by atoms with Gasteiger partial charge in [0.15, 0.2) is 0 Å². The van der Waals surface area contributed by atoms with E-state index in [0.717, 1.165) is 10.0 Å². The van der Waals surface area contributed by atoms with Gasteiger partial charge in [0.2, 0.25) is 0 Å². The molecule has 0 aliphatic carbocycles. The summed E-state index contributed by atoms with van der Waals surface area (Å²) in [6, 6.07) is 7.39. The Balaban J connectivity index is 2.27. The largest absolute Gasteiger partial charge is 0.396 e. The van der Waals surface area contributed by atoms with Gasteiger partial charge in [-0.2, -0.15) is 5.10 Å². The highest BCUT2D eigenvalue weighted by Gasteiger charge is 2.18. The lowest BCUT2D eigenvalue weighted by atomic mass is 10.2. The summed E-state index contributed by atoms with van der Waals surface area (Å²) in [7, 11) is 0. The third-order valence-electron chi connectivity index (χ3n) is 2.36. The van der Waals surface area contributed by atoms with Gasteiger partial charge in [-0.3, -0.25) is 4.68 Å². The minimum Gasteiger partial charge on any atom is -0.396 e. The average Bonchev–Trinajstić information content (AvgIpc) is 2.63. The number of halogens is 3. The fourth-order valence-electron chi connectivity index (χ4n) is 1.54. The molecule has 0 unspecified atom stereocenters. The summed E-state index contributed by atoms with van der Waals surface area (Å²) in [5.41, 5.74) is 6.13. The van der Waals surface area contributed by atoms with Crippen LogP contribution in [0.3, 0.4) is 0 Å². The molecule has 1 heterocycles. The number of hydrogen-bond donors (Lipinski definition) is 1. The topological polar surface area (TPSA) is 43.8 Å². The van der Waals surface area contributed by atoms with E-state index in [1.165, 1.54) is 10.9 Å². The van der Waals surface area contributed by atoms with Gasteiger partial charge in [0, 0.05) is 4.47 Å². The maximum atomic E-state index is 12.7. The highest BCUT2D eigenvalue weighted by molar-refractivity contribution is 9.10. The molecule has 2 rings (SSSR count). The van der Waals surface area contributed by atoms with E-state index in [-0.39, 0.29) is 17.9 Å². The van der Waals surface area contributed by atoms with Gasteiger partial charge in [0.05, 0.1) is 18.4 Å². The van der Waals surface area contributed by atoms with E-state index in [4.69, 9.17) is 5.73 Å². The molecule has 0 aliphatic heterocycles. The standard InChI is InChI=1S/C11H10BrF2N3/c12-8-3-1-7(2-4-8)6-17-10(11(13)14)9(15)5-16-17/h1-5,11H,6,15H2. The van der Waals surface area contributed by atoms with Crippen LogP contribution in [0.2, 0.25) is 0 Å². The number of hydrogen-bond acceptors (Lipinski definition) is 2. The zero-order valence-corrected chi connectivity index (χ0v) is 10.4. The van der Waals surface area contributed by atoms with Crippen molar-refractivity contribution >= 4 is 21.6 Å². The molecule has 0 aliphatic rings. The van der Waals surface area contributed by atoms with Gasteiger partial charge in [-0.15, -0.1) is 0 Å². The van der Waals surface area contributed by atoms with Crippen molar-refractivity contribution in [1.29, 1.82) is 0 Å². The van der Waals surface area contributed by atoms with Gasteiger partial charge >= 0.3 is 0 Å². The maximum absolute atomic E-state index is 12.7. The van der Waals surface area contributed by atoms with Crippen molar-refractivity contribution in [3.8, 4) is 0 Å². The lowest BCUT2D eigenvalue weighted by Crippen LogP contribution is -2.07. The Bertz CT molecular complexity index is 508. The van der Waals surface area contributed by atoms with Crippen molar-refractivity contribution in [1.82, 2.24) is 9.78 Å². The van der Waals surface area contributed by atoms with Crippen molar-refractivity contribution in [2.45, 2.75) is 13.0 Å². The van der Waals surface area contributed by atoms with Crippen molar-refractivity contribution in [3.05, 3.63) is 46.2 Å².